The van der Waals surface area contributed by atoms with Crippen LogP contribution in [0.3, 0.4) is 0 Å². The molecule has 1 aliphatic rings. The molecule has 7 nitrogen and oxygen atoms in total. The number of nitrogens with zero attached hydrogens (tertiary/aromatic N) is 4. The lowest BCUT2D eigenvalue weighted by atomic mass is 10.0. The molecule has 156 valence electrons. The third-order valence-corrected chi connectivity index (χ3v) is 5.38. The molecule has 1 aliphatic heterocycles. The number of anilines is 3. The van der Waals surface area contributed by atoms with Crippen LogP contribution in [0, 0.1) is 0 Å². The summed E-state index contributed by atoms with van der Waals surface area (Å²) in [4.78, 5) is 18.9. The van der Waals surface area contributed by atoms with Crippen molar-refractivity contribution in [3.63, 3.8) is 0 Å². The molecule has 3 heterocycles. The molecule has 0 saturated carbocycles. The van der Waals surface area contributed by atoms with E-state index in [1.54, 1.807) is 6.20 Å². The van der Waals surface area contributed by atoms with Gasteiger partial charge in [0, 0.05) is 60.4 Å². The van der Waals surface area contributed by atoms with Gasteiger partial charge in [-0.15, -0.1) is 0 Å². The Morgan fingerprint density at radius 3 is 2.97 bits per heavy atom. The third-order valence-electron chi connectivity index (χ3n) is 5.38. The highest BCUT2D eigenvalue weighted by molar-refractivity contribution is 5.96. The first-order valence-electron chi connectivity index (χ1n) is 10.6. The van der Waals surface area contributed by atoms with Gasteiger partial charge in [-0.2, -0.15) is 4.98 Å². The fraction of sp³-hybridized carbons (Fsp3) is 0.208. The molecular formula is C24H25N7. The lowest BCUT2D eigenvalue weighted by Gasteiger charge is -2.13. The molecule has 7 heteroatoms. The summed E-state index contributed by atoms with van der Waals surface area (Å²) < 4.78 is 0. The van der Waals surface area contributed by atoms with Gasteiger partial charge in [0.15, 0.2) is 0 Å². The van der Waals surface area contributed by atoms with Crippen LogP contribution < -0.4 is 10.6 Å². The standard InChI is InChI=1S/C24H25N7/c1-2-8-22-20(7-1)21(16-28-22)18-5-3-6-19(15-18)29-24-27-11-9-23(30-24)26-10-4-13-31-14-12-25-17-31/h1-3,5-9,11-12,15-16,28H,4,10,13-14,17H2,(H2,26,27,29,30). The second-order valence-electron chi connectivity index (χ2n) is 7.58. The zero-order chi connectivity index (χ0) is 20.9. The summed E-state index contributed by atoms with van der Waals surface area (Å²) in [5, 5.41) is 7.93. The van der Waals surface area contributed by atoms with Crippen LogP contribution in [0.2, 0.25) is 0 Å². The van der Waals surface area contributed by atoms with E-state index in [0.717, 1.165) is 55.3 Å². The molecule has 0 fully saturated rings. The van der Waals surface area contributed by atoms with Crippen molar-refractivity contribution >= 4 is 34.6 Å². The molecule has 0 aliphatic carbocycles. The Morgan fingerprint density at radius 2 is 2.03 bits per heavy atom. The van der Waals surface area contributed by atoms with E-state index in [0.29, 0.717) is 5.95 Å². The number of H-pyrrole nitrogens is 1. The van der Waals surface area contributed by atoms with Gasteiger partial charge < -0.3 is 15.6 Å². The third kappa shape index (κ3) is 4.57. The monoisotopic (exact) mass is 411 g/mol. The predicted octanol–water partition coefficient (Wildman–Crippen LogP) is 4.51. The van der Waals surface area contributed by atoms with Crippen LogP contribution in [0.5, 0.6) is 0 Å². The number of aromatic amines is 1. The zero-order valence-electron chi connectivity index (χ0n) is 17.3. The largest absolute Gasteiger partial charge is 0.370 e. The van der Waals surface area contributed by atoms with Crippen LogP contribution in [0.25, 0.3) is 22.0 Å². The van der Waals surface area contributed by atoms with Crippen molar-refractivity contribution in [2.24, 2.45) is 4.99 Å². The molecule has 2 aromatic carbocycles. The smallest absolute Gasteiger partial charge is 0.229 e. The van der Waals surface area contributed by atoms with Crippen LogP contribution in [0.4, 0.5) is 17.5 Å². The highest BCUT2D eigenvalue weighted by Crippen LogP contribution is 2.30. The molecule has 4 aromatic rings. The summed E-state index contributed by atoms with van der Waals surface area (Å²) in [6.07, 6.45) is 6.85. The van der Waals surface area contributed by atoms with Crippen molar-refractivity contribution in [1.82, 2.24) is 19.9 Å². The number of fused-ring (bicyclic) bond motifs is 1. The second kappa shape index (κ2) is 8.97. The van der Waals surface area contributed by atoms with Crippen molar-refractivity contribution in [2.45, 2.75) is 6.42 Å². The topological polar surface area (TPSA) is 81.2 Å². The van der Waals surface area contributed by atoms with E-state index in [-0.39, 0.29) is 0 Å². The Labute approximate surface area is 181 Å². The number of benzene rings is 2. The lowest BCUT2D eigenvalue weighted by Crippen LogP contribution is -2.23. The molecule has 0 saturated heterocycles. The molecule has 5 rings (SSSR count). The van der Waals surface area contributed by atoms with E-state index in [1.165, 1.54) is 10.9 Å². The Hall–Kier alpha value is -3.71. The maximum absolute atomic E-state index is 4.60. The zero-order valence-corrected chi connectivity index (χ0v) is 17.3. The summed E-state index contributed by atoms with van der Waals surface area (Å²) in [6, 6.07) is 18.5. The maximum Gasteiger partial charge on any atom is 0.229 e. The van der Waals surface area contributed by atoms with E-state index in [1.807, 2.05) is 30.5 Å². The van der Waals surface area contributed by atoms with Crippen LogP contribution in [-0.4, -0.2) is 52.4 Å². The van der Waals surface area contributed by atoms with Crippen LogP contribution in [-0.2, 0) is 0 Å². The summed E-state index contributed by atoms with van der Waals surface area (Å²) in [6.45, 7) is 3.67. The van der Waals surface area contributed by atoms with Gasteiger partial charge >= 0.3 is 0 Å². The minimum atomic E-state index is 0.578. The number of aromatic nitrogens is 3. The van der Waals surface area contributed by atoms with E-state index in [2.05, 4.69) is 72.0 Å². The van der Waals surface area contributed by atoms with Gasteiger partial charge in [-0.3, -0.25) is 9.89 Å². The normalized spacial score (nSPS) is 13.7. The number of aliphatic imine (C=N–C) groups is 1. The highest BCUT2D eigenvalue weighted by Gasteiger charge is 2.08. The van der Waals surface area contributed by atoms with Crippen molar-refractivity contribution in [3.8, 4) is 11.1 Å². The molecule has 31 heavy (non-hydrogen) atoms. The van der Waals surface area contributed by atoms with Crippen molar-refractivity contribution in [2.75, 3.05) is 36.9 Å². The van der Waals surface area contributed by atoms with E-state index in [9.17, 15) is 0 Å². The number of para-hydroxylation sites is 1. The van der Waals surface area contributed by atoms with Crippen LogP contribution in [0.15, 0.2) is 72.0 Å². The summed E-state index contributed by atoms with van der Waals surface area (Å²) in [5.74, 6) is 1.40. The average Bonchev–Trinajstić information content (AvgIpc) is 3.47. The van der Waals surface area contributed by atoms with E-state index in [4.69, 9.17) is 0 Å². The molecule has 0 radical (unpaired) electrons. The summed E-state index contributed by atoms with van der Waals surface area (Å²) >= 11 is 0. The van der Waals surface area contributed by atoms with Crippen molar-refractivity contribution in [3.05, 3.63) is 67.0 Å². The first-order valence-corrected chi connectivity index (χ1v) is 10.6. The molecule has 3 N–H and O–H groups in total. The number of hydrogen-bond donors (Lipinski definition) is 3. The number of nitrogens with one attached hydrogen (secondary N) is 3. The number of rotatable bonds is 8. The Kier molecular flexibility index (Phi) is 5.58. The molecule has 0 bridgehead atoms. The molecule has 0 atom stereocenters. The maximum atomic E-state index is 4.60. The fourth-order valence-corrected chi connectivity index (χ4v) is 3.81. The second-order valence-corrected chi connectivity index (χ2v) is 7.58. The van der Waals surface area contributed by atoms with Gasteiger partial charge in [-0.1, -0.05) is 30.3 Å². The van der Waals surface area contributed by atoms with Gasteiger partial charge in [0.25, 0.3) is 0 Å². The molecule has 0 spiro atoms. The van der Waals surface area contributed by atoms with Crippen molar-refractivity contribution in [1.29, 1.82) is 0 Å². The van der Waals surface area contributed by atoms with Crippen LogP contribution >= 0.6 is 0 Å². The predicted molar refractivity (Wildman–Crippen MR) is 127 cm³/mol. The van der Waals surface area contributed by atoms with Gasteiger partial charge in [0.2, 0.25) is 5.95 Å². The molecule has 2 aromatic heterocycles. The van der Waals surface area contributed by atoms with Gasteiger partial charge in [-0.05, 0) is 36.2 Å². The Balaban J connectivity index is 1.24. The quantitative estimate of drug-likeness (QED) is 0.372. The minimum absolute atomic E-state index is 0.578. The van der Waals surface area contributed by atoms with Gasteiger partial charge in [0.05, 0.1) is 6.67 Å². The lowest BCUT2D eigenvalue weighted by molar-refractivity contribution is 0.341. The molecule has 0 unspecified atom stereocenters. The SMILES string of the molecule is C1=NCN(CCCNc2ccnc(Nc3cccc(-c4c[nH]c5ccccc45)c3)n2)C1. The summed E-state index contributed by atoms with van der Waals surface area (Å²) in [5.41, 5.74) is 4.41. The van der Waals surface area contributed by atoms with Crippen molar-refractivity contribution < 1.29 is 0 Å². The van der Waals surface area contributed by atoms with E-state index >= 15 is 0 Å². The highest BCUT2D eigenvalue weighted by atomic mass is 15.2. The Bertz CT molecular complexity index is 1190. The summed E-state index contributed by atoms with van der Waals surface area (Å²) in [7, 11) is 0. The van der Waals surface area contributed by atoms with Crippen LogP contribution in [0.1, 0.15) is 6.42 Å². The minimum Gasteiger partial charge on any atom is -0.370 e. The first kappa shape index (κ1) is 19.3. The average molecular weight is 412 g/mol. The fourth-order valence-electron chi connectivity index (χ4n) is 3.81. The first-order chi connectivity index (χ1) is 15.3. The van der Waals surface area contributed by atoms with E-state index < -0.39 is 0 Å². The number of hydrogen-bond acceptors (Lipinski definition) is 6. The van der Waals surface area contributed by atoms with Gasteiger partial charge in [-0.25, -0.2) is 4.98 Å². The molecule has 0 amide bonds. The Morgan fingerprint density at radius 1 is 1.06 bits per heavy atom. The molecular weight excluding hydrogens is 386 g/mol. The van der Waals surface area contributed by atoms with Gasteiger partial charge in [0.1, 0.15) is 5.82 Å².